The monoisotopic (exact) mass is 439 g/mol. The highest BCUT2D eigenvalue weighted by atomic mass is 16.5. The highest BCUT2D eigenvalue weighted by Crippen LogP contribution is 2.35. The number of aromatic nitrogens is 4. The summed E-state index contributed by atoms with van der Waals surface area (Å²) in [5.74, 6) is 2.30. The van der Waals surface area contributed by atoms with Crippen LogP contribution in [0.1, 0.15) is 5.82 Å². The molecule has 0 spiro atoms. The first-order valence-electron chi connectivity index (χ1n) is 10.6. The Kier molecular flexibility index (Phi) is 5.44. The first-order valence-corrected chi connectivity index (χ1v) is 10.6. The van der Waals surface area contributed by atoms with E-state index < -0.39 is 0 Å². The van der Waals surface area contributed by atoms with E-state index in [0.29, 0.717) is 6.54 Å². The molecule has 1 N–H and O–H groups in total. The maximum absolute atomic E-state index is 5.51. The van der Waals surface area contributed by atoms with Crippen molar-refractivity contribution in [3.63, 3.8) is 0 Å². The molecular weight excluding hydrogens is 414 g/mol. The Bertz CT molecular complexity index is 1370. The normalized spacial score (nSPS) is 11.0. The largest absolute Gasteiger partial charge is 0.497 e. The summed E-state index contributed by atoms with van der Waals surface area (Å²) in [6.07, 6.45) is 9.65. The van der Waals surface area contributed by atoms with Crippen molar-refractivity contribution in [2.45, 2.75) is 6.54 Å². The molecular formula is C26H25N5O2. The Balaban J connectivity index is 1.61. The topological polar surface area (TPSA) is 68.2 Å². The van der Waals surface area contributed by atoms with Crippen molar-refractivity contribution in [3.8, 4) is 22.6 Å². The Morgan fingerprint density at radius 1 is 0.909 bits per heavy atom. The van der Waals surface area contributed by atoms with Crippen molar-refractivity contribution in [2.75, 3.05) is 19.1 Å². The van der Waals surface area contributed by atoms with Crippen molar-refractivity contribution in [2.24, 2.45) is 7.05 Å². The Morgan fingerprint density at radius 2 is 1.73 bits per heavy atom. The van der Waals surface area contributed by atoms with Gasteiger partial charge in [0.1, 0.15) is 17.3 Å². The van der Waals surface area contributed by atoms with E-state index >= 15 is 0 Å². The van der Waals surface area contributed by atoms with Gasteiger partial charge in [0.25, 0.3) is 0 Å². The standard InChI is InChI=1S/C26H25N5O2/c1-30-9-6-18(16-30)20-10-19-11-21(4-5-25(19)29-15-20)31(17-26-27-7-8-28-26)22-12-23(32-2)14-24(13-22)33-3/h4-16H,17H2,1-3H3,(H,27,28). The molecule has 5 aromatic rings. The van der Waals surface area contributed by atoms with Crippen LogP contribution in [0, 0.1) is 0 Å². The number of H-pyrrole nitrogens is 1. The second kappa shape index (κ2) is 8.70. The molecule has 0 bridgehead atoms. The minimum atomic E-state index is 0.556. The van der Waals surface area contributed by atoms with Gasteiger partial charge in [-0.25, -0.2) is 4.98 Å². The number of rotatable bonds is 7. The van der Waals surface area contributed by atoms with Crippen LogP contribution in [-0.4, -0.2) is 33.7 Å². The Morgan fingerprint density at radius 3 is 2.39 bits per heavy atom. The maximum Gasteiger partial charge on any atom is 0.126 e. The summed E-state index contributed by atoms with van der Waals surface area (Å²) in [4.78, 5) is 14.5. The van der Waals surface area contributed by atoms with Crippen molar-refractivity contribution < 1.29 is 9.47 Å². The number of nitrogens with one attached hydrogen (secondary N) is 1. The van der Waals surface area contributed by atoms with E-state index in [1.54, 1.807) is 20.4 Å². The number of fused-ring (bicyclic) bond motifs is 1. The molecule has 2 aromatic carbocycles. The third-order valence-corrected chi connectivity index (χ3v) is 5.65. The summed E-state index contributed by atoms with van der Waals surface area (Å²) < 4.78 is 13.1. The lowest BCUT2D eigenvalue weighted by Crippen LogP contribution is -2.17. The second-order valence-corrected chi connectivity index (χ2v) is 7.86. The number of aromatic amines is 1. The highest BCUT2D eigenvalue weighted by Gasteiger charge is 2.15. The number of hydrogen-bond acceptors (Lipinski definition) is 5. The highest BCUT2D eigenvalue weighted by molar-refractivity contribution is 5.87. The molecule has 0 aliphatic heterocycles. The summed E-state index contributed by atoms with van der Waals surface area (Å²) in [6.45, 7) is 0.556. The molecule has 0 radical (unpaired) electrons. The van der Waals surface area contributed by atoms with E-state index in [1.807, 2.05) is 54.5 Å². The number of nitrogens with zero attached hydrogens (tertiary/aromatic N) is 4. The zero-order valence-corrected chi connectivity index (χ0v) is 18.8. The first kappa shape index (κ1) is 20.6. The molecule has 0 aliphatic rings. The molecule has 166 valence electrons. The van der Waals surface area contributed by atoms with E-state index in [9.17, 15) is 0 Å². The molecule has 3 heterocycles. The van der Waals surface area contributed by atoms with Crippen LogP contribution < -0.4 is 14.4 Å². The summed E-state index contributed by atoms with van der Waals surface area (Å²) in [7, 11) is 5.33. The number of benzene rings is 2. The Hall–Kier alpha value is -4.26. The number of anilines is 2. The predicted molar refractivity (Wildman–Crippen MR) is 130 cm³/mol. The number of methoxy groups -OCH3 is 2. The fourth-order valence-electron chi connectivity index (χ4n) is 3.93. The van der Waals surface area contributed by atoms with Crippen LogP contribution in [0.3, 0.4) is 0 Å². The van der Waals surface area contributed by atoms with E-state index in [2.05, 4.69) is 50.3 Å². The first-order chi connectivity index (χ1) is 16.1. The summed E-state index contributed by atoms with van der Waals surface area (Å²) in [5, 5.41) is 1.06. The number of hydrogen-bond donors (Lipinski definition) is 1. The van der Waals surface area contributed by atoms with Gasteiger partial charge in [-0.15, -0.1) is 0 Å². The average molecular weight is 440 g/mol. The van der Waals surface area contributed by atoms with Crippen LogP contribution in [-0.2, 0) is 13.6 Å². The van der Waals surface area contributed by atoms with Gasteiger partial charge in [0.05, 0.1) is 26.3 Å². The number of imidazole rings is 1. The molecule has 0 amide bonds. The molecule has 0 aliphatic carbocycles. The molecule has 0 unspecified atom stereocenters. The summed E-state index contributed by atoms with van der Waals surface area (Å²) >= 11 is 0. The number of aryl methyl sites for hydroxylation is 1. The minimum absolute atomic E-state index is 0.556. The number of pyridine rings is 1. The van der Waals surface area contributed by atoms with E-state index in [0.717, 1.165) is 50.7 Å². The van der Waals surface area contributed by atoms with Gasteiger partial charge in [0, 0.05) is 84.1 Å². The lowest BCUT2D eigenvalue weighted by atomic mass is 10.1. The fourth-order valence-corrected chi connectivity index (χ4v) is 3.93. The molecule has 7 nitrogen and oxygen atoms in total. The van der Waals surface area contributed by atoms with Crippen LogP contribution >= 0.6 is 0 Å². The zero-order chi connectivity index (χ0) is 22.8. The van der Waals surface area contributed by atoms with Gasteiger partial charge in [0.2, 0.25) is 0 Å². The van der Waals surface area contributed by atoms with Gasteiger partial charge in [-0.3, -0.25) is 4.98 Å². The van der Waals surface area contributed by atoms with Gasteiger partial charge in [-0.2, -0.15) is 0 Å². The third-order valence-electron chi connectivity index (χ3n) is 5.65. The predicted octanol–water partition coefficient (Wildman–Crippen LogP) is 5.32. The lowest BCUT2D eigenvalue weighted by molar-refractivity contribution is 0.394. The van der Waals surface area contributed by atoms with Crippen LogP contribution in [0.5, 0.6) is 11.5 Å². The van der Waals surface area contributed by atoms with E-state index in [1.165, 1.54) is 0 Å². The van der Waals surface area contributed by atoms with Crippen molar-refractivity contribution >= 4 is 22.3 Å². The molecule has 5 rings (SSSR count). The van der Waals surface area contributed by atoms with Crippen molar-refractivity contribution in [1.29, 1.82) is 0 Å². The van der Waals surface area contributed by atoms with Crippen molar-refractivity contribution in [1.82, 2.24) is 19.5 Å². The van der Waals surface area contributed by atoms with Gasteiger partial charge in [0.15, 0.2) is 0 Å². The van der Waals surface area contributed by atoms with Crippen molar-refractivity contribution in [3.05, 3.63) is 85.3 Å². The van der Waals surface area contributed by atoms with Gasteiger partial charge >= 0.3 is 0 Å². The van der Waals surface area contributed by atoms with Gasteiger partial charge in [-0.1, -0.05) is 0 Å². The molecule has 33 heavy (non-hydrogen) atoms. The molecule has 0 fully saturated rings. The quantitative estimate of drug-likeness (QED) is 0.372. The number of ether oxygens (including phenoxy) is 2. The smallest absolute Gasteiger partial charge is 0.126 e. The Labute approximate surface area is 192 Å². The van der Waals surface area contributed by atoms with Crippen LogP contribution in [0.15, 0.2) is 79.5 Å². The fraction of sp³-hybridized carbons (Fsp3) is 0.154. The van der Waals surface area contributed by atoms with Crippen LogP contribution in [0.2, 0.25) is 0 Å². The van der Waals surface area contributed by atoms with Gasteiger partial charge < -0.3 is 23.9 Å². The SMILES string of the molecule is COc1cc(OC)cc(N(Cc2ncc[nH]2)c2ccc3ncc(-c4ccn(C)c4)cc3c2)c1. The van der Waals surface area contributed by atoms with Gasteiger partial charge in [-0.05, 0) is 30.3 Å². The van der Waals surface area contributed by atoms with E-state index in [-0.39, 0.29) is 0 Å². The lowest BCUT2D eigenvalue weighted by Gasteiger charge is -2.25. The maximum atomic E-state index is 5.51. The third kappa shape index (κ3) is 4.25. The summed E-state index contributed by atoms with van der Waals surface area (Å²) in [5.41, 5.74) is 5.12. The summed E-state index contributed by atoms with van der Waals surface area (Å²) in [6, 6.07) is 16.4. The molecule has 0 atom stereocenters. The zero-order valence-electron chi connectivity index (χ0n) is 18.8. The molecule has 0 saturated carbocycles. The van der Waals surface area contributed by atoms with E-state index in [4.69, 9.17) is 9.47 Å². The average Bonchev–Trinajstić information content (AvgIpc) is 3.53. The molecule has 7 heteroatoms. The second-order valence-electron chi connectivity index (χ2n) is 7.86. The molecule has 3 aromatic heterocycles. The molecule has 0 saturated heterocycles. The van der Waals surface area contributed by atoms with Crippen LogP contribution in [0.25, 0.3) is 22.0 Å². The van der Waals surface area contributed by atoms with Crippen LogP contribution in [0.4, 0.5) is 11.4 Å². The minimum Gasteiger partial charge on any atom is -0.497 e.